The van der Waals surface area contributed by atoms with E-state index < -0.39 is 12.1 Å². The normalized spacial score (nSPS) is 11.3. The van der Waals surface area contributed by atoms with Gasteiger partial charge in [0, 0.05) is 4.47 Å². The van der Waals surface area contributed by atoms with Gasteiger partial charge in [0.25, 0.3) is 0 Å². The van der Waals surface area contributed by atoms with E-state index >= 15 is 0 Å². The molecule has 0 saturated carbocycles. The van der Waals surface area contributed by atoms with E-state index in [9.17, 15) is 13.2 Å². The molecule has 2 rings (SSSR count). The Labute approximate surface area is 138 Å². The molecular weight excluding hydrogens is 442 g/mol. The van der Waals surface area contributed by atoms with Crippen molar-refractivity contribution >= 4 is 55.0 Å². The van der Waals surface area contributed by atoms with Crippen LogP contribution >= 0.6 is 43.5 Å². The Balaban J connectivity index is 2.37. The van der Waals surface area contributed by atoms with Gasteiger partial charge >= 0.3 is 6.36 Å². The molecule has 0 radical (unpaired) electrons. The first-order valence-corrected chi connectivity index (χ1v) is 7.21. The molecule has 1 N–H and O–H groups in total. The van der Waals surface area contributed by atoms with Gasteiger partial charge in [-0.2, -0.15) is 0 Å². The monoisotopic (exact) mass is 445 g/mol. The third kappa shape index (κ3) is 4.45. The topological polar surface area (TPSA) is 47.0 Å². The second kappa shape index (κ2) is 6.37. The summed E-state index contributed by atoms with van der Waals surface area (Å²) in [7, 11) is 0. The van der Waals surface area contributed by atoms with Crippen LogP contribution in [0.15, 0.2) is 33.5 Å². The van der Waals surface area contributed by atoms with Crippen LogP contribution in [0.25, 0.3) is 0 Å². The molecule has 0 aliphatic carbocycles. The summed E-state index contributed by atoms with van der Waals surface area (Å²) in [5, 5.41) is 2.83. The van der Waals surface area contributed by atoms with Gasteiger partial charge in [0.15, 0.2) is 5.75 Å². The van der Waals surface area contributed by atoms with E-state index in [2.05, 4.69) is 51.9 Å². The lowest BCUT2D eigenvalue weighted by Crippen LogP contribution is -2.18. The standard InChI is InChI=1S/C11H5Br2ClF3N3O/c12-5-1-2-6(7(3-5)21-11(15,16)17)20-10-8(13)9(14)18-4-19-10/h1-4H,(H,18,19,20). The Kier molecular flexibility index (Phi) is 4.95. The van der Waals surface area contributed by atoms with Crippen molar-refractivity contribution in [3.05, 3.63) is 38.6 Å². The Morgan fingerprint density at radius 1 is 1.19 bits per heavy atom. The Morgan fingerprint density at radius 2 is 1.90 bits per heavy atom. The zero-order chi connectivity index (χ0) is 15.6. The van der Waals surface area contributed by atoms with Gasteiger partial charge in [-0.15, -0.1) is 13.2 Å². The minimum absolute atomic E-state index is 0.0750. The minimum Gasteiger partial charge on any atom is -0.404 e. The van der Waals surface area contributed by atoms with Crippen molar-refractivity contribution in [2.75, 3.05) is 5.32 Å². The molecule has 1 aromatic heterocycles. The number of nitrogens with zero attached hydrogens (tertiary/aromatic N) is 2. The van der Waals surface area contributed by atoms with Crippen LogP contribution < -0.4 is 10.1 Å². The first-order valence-electron chi connectivity index (χ1n) is 5.24. The summed E-state index contributed by atoms with van der Waals surface area (Å²) in [5.41, 5.74) is 0.0750. The molecule has 10 heteroatoms. The Bertz CT molecular complexity index is 670. The summed E-state index contributed by atoms with van der Waals surface area (Å²) in [4.78, 5) is 7.62. The van der Waals surface area contributed by atoms with Crippen molar-refractivity contribution in [3.63, 3.8) is 0 Å². The average Bonchev–Trinajstić information content (AvgIpc) is 2.36. The molecule has 2 aromatic rings. The highest BCUT2D eigenvalue weighted by Gasteiger charge is 2.32. The predicted molar refractivity (Wildman–Crippen MR) is 78.8 cm³/mol. The number of halogens is 6. The molecule has 1 heterocycles. The maximum Gasteiger partial charge on any atom is 0.573 e. The number of rotatable bonds is 3. The summed E-state index contributed by atoms with van der Waals surface area (Å²) >= 11 is 12.0. The predicted octanol–water partition coefficient (Wildman–Crippen LogP) is 5.30. The lowest BCUT2D eigenvalue weighted by molar-refractivity contribution is -0.274. The fourth-order valence-electron chi connectivity index (χ4n) is 1.37. The fourth-order valence-corrected chi connectivity index (χ4v) is 2.15. The van der Waals surface area contributed by atoms with Crippen molar-refractivity contribution in [1.82, 2.24) is 9.97 Å². The Hall–Kier alpha value is -1.06. The van der Waals surface area contributed by atoms with Crippen molar-refractivity contribution in [2.45, 2.75) is 6.36 Å². The molecule has 0 unspecified atom stereocenters. The highest BCUT2D eigenvalue weighted by molar-refractivity contribution is 9.11. The summed E-state index contributed by atoms with van der Waals surface area (Å²) in [6.45, 7) is 0. The van der Waals surface area contributed by atoms with E-state index in [4.69, 9.17) is 11.6 Å². The van der Waals surface area contributed by atoms with Gasteiger partial charge in [-0.3, -0.25) is 0 Å². The highest BCUT2D eigenvalue weighted by Crippen LogP contribution is 2.36. The van der Waals surface area contributed by atoms with Crippen LogP contribution in [-0.2, 0) is 0 Å². The number of hydrogen-bond acceptors (Lipinski definition) is 4. The van der Waals surface area contributed by atoms with E-state index in [0.717, 1.165) is 0 Å². The number of ether oxygens (including phenoxy) is 1. The van der Waals surface area contributed by atoms with Crippen LogP contribution in [0.4, 0.5) is 24.7 Å². The molecule has 0 aliphatic heterocycles. The largest absolute Gasteiger partial charge is 0.573 e. The third-order valence-corrected chi connectivity index (χ3v) is 3.93. The molecule has 21 heavy (non-hydrogen) atoms. The van der Waals surface area contributed by atoms with Crippen LogP contribution in [0.2, 0.25) is 5.15 Å². The SMILES string of the molecule is FC(F)(F)Oc1cc(Br)ccc1Nc1ncnc(Cl)c1Br. The van der Waals surface area contributed by atoms with Crippen molar-refractivity contribution in [1.29, 1.82) is 0 Å². The molecule has 0 fully saturated rings. The van der Waals surface area contributed by atoms with Gasteiger partial charge < -0.3 is 10.1 Å². The fraction of sp³-hybridized carbons (Fsp3) is 0.0909. The zero-order valence-corrected chi connectivity index (χ0v) is 13.8. The second-order valence-electron chi connectivity index (χ2n) is 3.64. The molecule has 0 bridgehead atoms. The van der Waals surface area contributed by atoms with Gasteiger partial charge in [0.1, 0.15) is 17.3 Å². The second-order valence-corrected chi connectivity index (χ2v) is 5.71. The summed E-state index contributed by atoms with van der Waals surface area (Å²) in [5.74, 6) is -0.192. The number of aromatic nitrogens is 2. The number of anilines is 2. The van der Waals surface area contributed by atoms with Crippen molar-refractivity contribution in [3.8, 4) is 5.75 Å². The van der Waals surface area contributed by atoms with Crippen LogP contribution in [0.3, 0.4) is 0 Å². The molecule has 0 saturated heterocycles. The maximum absolute atomic E-state index is 12.4. The highest BCUT2D eigenvalue weighted by atomic mass is 79.9. The van der Waals surface area contributed by atoms with Crippen molar-refractivity contribution < 1.29 is 17.9 Å². The van der Waals surface area contributed by atoms with Crippen LogP contribution in [-0.4, -0.2) is 16.3 Å². The Morgan fingerprint density at radius 3 is 2.57 bits per heavy atom. The first kappa shape index (κ1) is 16.3. The minimum atomic E-state index is -4.81. The van der Waals surface area contributed by atoms with E-state index in [1.54, 1.807) is 6.07 Å². The van der Waals surface area contributed by atoms with Gasteiger partial charge in [0.2, 0.25) is 0 Å². The molecule has 4 nitrogen and oxygen atoms in total. The van der Waals surface area contributed by atoms with Crippen LogP contribution in [0, 0.1) is 0 Å². The first-order chi connectivity index (χ1) is 9.76. The van der Waals surface area contributed by atoms with Crippen LogP contribution in [0.5, 0.6) is 5.75 Å². The van der Waals surface area contributed by atoms with E-state index in [0.29, 0.717) is 8.95 Å². The maximum atomic E-state index is 12.4. The smallest absolute Gasteiger partial charge is 0.404 e. The van der Waals surface area contributed by atoms with Crippen molar-refractivity contribution in [2.24, 2.45) is 0 Å². The molecule has 112 valence electrons. The van der Waals surface area contributed by atoms with E-state index in [1.807, 2.05) is 0 Å². The molecule has 0 amide bonds. The number of benzene rings is 1. The summed E-state index contributed by atoms with van der Waals surface area (Å²) in [6, 6.07) is 4.16. The number of nitrogens with one attached hydrogen (secondary N) is 1. The summed E-state index contributed by atoms with van der Waals surface area (Å²) in [6.07, 6.45) is -3.63. The molecule has 0 aliphatic rings. The molecular formula is C11H5Br2ClF3N3O. The molecule has 0 atom stereocenters. The van der Waals surface area contributed by atoms with E-state index in [-0.39, 0.29) is 16.7 Å². The number of alkyl halides is 3. The third-order valence-electron chi connectivity index (χ3n) is 2.17. The quantitative estimate of drug-likeness (QED) is 0.649. The number of hydrogen-bond donors (Lipinski definition) is 1. The van der Waals surface area contributed by atoms with E-state index in [1.165, 1.54) is 18.5 Å². The average molecular weight is 447 g/mol. The van der Waals surface area contributed by atoms with Gasteiger partial charge in [-0.25, -0.2) is 9.97 Å². The van der Waals surface area contributed by atoms with Crippen LogP contribution in [0.1, 0.15) is 0 Å². The molecule has 0 spiro atoms. The lowest BCUT2D eigenvalue weighted by Gasteiger charge is -2.15. The molecule has 1 aromatic carbocycles. The van der Waals surface area contributed by atoms with Gasteiger partial charge in [0.05, 0.1) is 10.2 Å². The zero-order valence-electron chi connectivity index (χ0n) is 9.88. The van der Waals surface area contributed by atoms with Gasteiger partial charge in [-0.1, -0.05) is 27.5 Å². The lowest BCUT2D eigenvalue weighted by atomic mass is 10.3. The van der Waals surface area contributed by atoms with Gasteiger partial charge in [-0.05, 0) is 34.1 Å². The summed E-state index contributed by atoms with van der Waals surface area (Å²) < 4.78 is 42.0.